The molecule has 4 rings (SSSR count). The number of carboxylic acid groups (broad SMARTS) is 1. The van der Waals surface area contributed by atoms with E-state index in [0.717, 1.165) is 51.2 Å². The van der Waals surface area contributed by atoms with Crippen molar-refractivity contribution < 1.29 is 23.1 Å². The molecular formula is C31H34F3N3O2. The molecule has 8 heteroatoms. The molecule has 1 unspecified atom stereocenters. The van der Waals surface area contributed by atoms with E-state index >= 15 is 0 Å². The maximum atomic E-state index is 13.2. The zero-order valence-corrected chi connectivity index (χ0v) is 22.6. The van der Waals surface area contributed by atoms with Crippen molar-refractivity contribution >= 4 is 16.9 Å². The predicted molar refractivity (Wildman–Crippen MR) is 148 cm³/mol. The van der Waals surface area contributed by atoms with Crippen LogP contribution in [0.25, 0.3) is 22.0 Å². The van der Waals surface area contributed by atoms with Crippen LogP contribution in [0.2, 0.25) is 0 Å². The van der Waals surface area contributed by atoms with Gasteiger partial charge in [0.25, 0.3) is 0 Å². The van der Waals surface area contributed by atoms with E-state index < -0.39 is 17.7 Å². The fourth-order valence-corrected chi connectivity index (χ4v) is 5.05. The predicted octanol–water partition coefficient (Wildman–Crippen LogP) is 7.54. The number of hydrogen-bond donors (Lipinski definition) is 2. The summed E-state index contributed by atoms with van der Waals surface area (Å²) in [5.41, 5.74) is 5.77. The molecule has 39 heavy (non-hydrogen) atoms. The normalized spacial score (nSPS) is 12.8. The number of benzene rings is 3. The Morgan fingerprint density at radius 2 is 1.72 bits per heavy atom. The van der Waals surface area contributed by atoms with Gasteiger partial charge in [0, 0.05) is 18.5 Å². The molecule has 0 aliphatic rings. The van der Waals surface area contributed by atoms with Gasteiger partial charge >= 0.3 is 12.1 Å². The third-order valence-electron chi connectivity index (χ3n) is 7.09. The quantitative estimate of drug-likeness (QED) is 0.205. The first-order valence-corrected chi connectivity index (χ1v) is 13.1. The summed E-state index contributed by atoms with van der Waals surface area (Å²) in [6, 6.07) is 16.2. The summed E-state index contributed by atoms with van der Waals surface area (Å²) >= 11 is 0. The van der Waals surface area contributed by atoms with Gasteiger partial charge in [-0.1, -0.05) is 50.2 Å². The number of rotatable bonds is 10. The lowest BCUT2D eigenvalue weighted by molar-refractivity contribution is -0.138. The van der Waals surface area contributed by atoms with Crippen LogP contribution in [0.15, 0.2) is 60.8 Å². The van der Waals surface area contributed by atoms with Crippen molar-refractivity contribution in [3.05, 3.63) is 88.6 Å². The Balaban J connectivity index is 1.65. The molecule has 206 valence electrons. The highest BCUT2D eigenvalue weighted by Crippen LogP contribution is 2.37. The van der Waals surface area contributed by atoms with Gasteiger partial charge in [0.05, 0.1) is 29.7 Å². The van der Waals surface area contributed by atoms with Crippen LogP contribution in [0.3, 0.4) is 0 Å². The number of carbonyl (C=O) groups is 1. The molecule has 0 saturated carbocycles. The topological polar surface area (TPSA) is 67.2 Å². The molecule has 0 saturated heterocycles. The number of aryl methyl sites for hydroxylation is 2. The van der Waals surface area contributed by atoms with Crippen molar-refractivity contribution in [2.24, 2.45) is 5.92 Å². The molecule has 0 aliphatic carbocycles. The average molecular weight is 538 g/mol. The Labute approximate surface area is 226 Å². The molecule has 0 amide bonds. The van der Waals surface area contributed by atoms with Crippen molar-refractivity contribution in [2.75, 3.05) is 6.54 Å². The van der Waals surface area contributed by atoms with Gasteiger partial charge in [0.1, 0.15) is 0 Å². The van der Waals surface area contributed by atoms with E-state index in [0.29, 0.717) is 24.6 Å². The molecule has 4 aromatic rings. The molecule has 1 aromatic heterocycles. The minimum absolute atomic E-state index is 0.00887. The first-order valence-electron chi connectivity index (χ1n) is 13.1. The van der Waals surface area contributed by atoms with Crippen molar-refractivity contribution in [3.8, 4) is 11.1 Å². The Morgan fingerprint density at radius 3 is 2.33 bits per heavy atom. The van der Waals surface area contributed by atoms with Crippen LogP contribution in [-0.4, -0.2) is 27.4 Å². The molecule has 3 aromatic carbocycles. The van der Waals surface area contributed by atoms with Gasteiger partial charge in [0.15, 0.2) is 0 Å². The first kappa shape index (κ1) is 28.4. The lowest BCUT2D eigenvalue weighted by atomic mass is 9.93. The number of hydrogen-bond acceptors (Lipinski definition) is 3. The third kappa shape index (κ3) is 6.50. The van der Waals surface area contributed by atoms with E-state index in [2.05, 4.69) is 43.4 Å². The second kappa shape index (κ2) is 11.6. The van der Waals surface area contributed by atoms with Crippen LogP contribution in [0.1, 0.15) is 60.5 Å². The highest BCUT2D eigenvalue weighted by Gasteiger charge is 2.31. The number of nitrogens with one attached hydrogen (secondary N) is 1. The highest BCUT2D eigenvalue weighted by molar-refractivity contribution is 5.90. The molecule has 0 fully saturated rings. The van der Waals surface area contributed by atoms with E-state index in [1.807, 2.05) is 29.9 Å². The fourth-order valence-electron chi connectivity index (χ4n) is 5.05. The molecule has 0 spiro atoms. The van der Waals surface area contributed by atoms with Crippen LogP contribution >= 0.6 is 0 Å². The fraction of sp³-hybridized carbons (Fsp3) is 0.355. The molecule has 0 aliphatic heterocycles. The largest absolute Gasteiger partial charge is 0.481 e. The van der Waals surface area contributed by atoms with Gasteiger partial charge in [-0.2, -0.15) is 18.3 Å². The van der Waals surface area contributed by atoms with E-state index in [4.69, 9.17) is 10.2 Å². The van der Waals surface area contributed by atoms with Crippen LogP contribution in [0, 0.1) is 19.8 Å². The lowest BCUT2D eigenvalue weighted by Gasteiger charge is -2.22. The number of fused-ring (bicyclic) bond motifs is 1. The number of aliphatic carboxylic acids is 1. The maximum Gasteiger partial charge on any atom is 0.416 e. The van der Waals surface area contributed by atoms with Crippen LogP contribution in [0.4, 0.5) is 13.2 Å². The number of alkyl halides is 3. The van der Waals surface area contributed by atoms with Crippen LogP contribution in [-0.2, 0) is 17.5 Å². The monoisotopic (exact) mass is 537 g/mol. The van der Waals surface area contributed by atoms with Gasteiger partial charge in [-0.15, -0.1) is 0 Å². The number of carboxylic acids is 1. The van der Waals surface area contributed by atoms with E-state index in [1.165, 1.54) is 6.07 Å². The summed E-state index contributed by atoms with van der Waals surface area (Å²) in [6.45, 7) is 9.07. The number of nitrogens with zero attached hydrogens (tertiary/aromatic N) is 2. The lowest BCUT2D eigenvalue weighted by Crippen LogP contribution is -2.18. The Bertz CT molecular complexity index is 1460. The van der Waals surface area contributed by atoms with Gasteiger partial charge in [-0.3, -0.25) is 9.48 Å². The smallest absolute Gasteiger partial charge is 0.416 e. The zero-order chi connectivity index (χ0) is 28.3. The van der Waals surface area contributed by atoms with Crippen molar-refractivity contribution in [2.45, 2.75) is 59.3 Å². The van der Waals surface area contributed by atoms with Crippen LogP contribution < -0.4 is 5.32 Å². The van der Waals surface area contributed by atoms with E-state index in [-0.39, 0.29) is 12.5 Å². The summed E-state index contributed by atoms with van der Waals surface area (Å²) < 4.78 is 41.6. The highest BCUT2D eigenvalue weighted by atomic mass is 19.4. The second-order valence-electron chi connectivity index (χ2n) is 10.5. The van der Waals surface area contributed by atoms with Crippen molar-refractivity contribution in [1.82, 2.24) is 15.1 Å². The first-order chi connectivity index (χ1) is 18.5. The van der Waals surface area contributed by atoms with Crippen LogP contribution in [0.5, 0.6) is 0 Å². The zero-order valence-electron chi connectivity index (χ0n) is 22.6. The molecule has 1 heterocycles. The Hall–Kier alpha value is -3.65. The minimum Gasteiger partial charge on any atom is -0.481 e. The van der Waals surface area contributed by atoms with Gasteiger partial charge < -0.3 is 10.4 Å². The minimum atomic E-state index is -4.37. The standard InChI is InChI=1S/C31H34F3N3O2/c1-19(2)15-29(23-7-5-22(6-8-23)17-35-14-13-30(38)39)37-28-12-11-26(21(4)27(28)18-36-37)25-10-9-24(16-20(25)3)31(32,33)34/h5-12,16,18-19,29,35H,13-15,17H2,1-4H3,(H,38,39). The third-order valence-corrected chi connectivity index (χ3v) is 7.09. The summed E-state index contributed by atoms with van der Waals surface area (Å²) in [7, 11) is 0. The molecule has 0 radical (unpaired) electrons. The van der Waals surface area contributed by atoms with Crippen molar-refractivity contribution in [1.29, 1.82) is 0 Å². The Morgan fingerprint density at radius 1 is 1.03 bits per heavy atom. The van der Waals surface area contributed by atoms with E-state index in [9.17, 15) is 18.0 Å². The summed E-state index contributed by atoms with van der Waals surface area (Å²) in [4.78, 5) is 10.7. The summed E-state index contributed by atoms with van der Waals surface area (Å²) in [5, 5.41) is 17.7. The number of aromatic nitrogens is 2. The van der Waals surface area contributed by atoms with E-state index in [1.54, 1.807) is 13.0 Å². The Kier molecular flexibility index (Phi) is 8.45. The molecule has 5 nitrogen and oxygen atoms in total. The van der Waals surface area contributed by atoms with Gasteiger partial charge in [0.2, 0.25) is 0 Å². The molecular weight excluding hydrogens is 503 g/mol. The maximum absolute atomic E-state index is 13.2. The second-order valence-corrected chi connectivity index (χ2v) is 10.5. The number of halogens is 3. The molecule has 0 bridgehead atoms. The van der Waals surface area contributed by atoms with Crippen molar-refractivity contribution in [3.63, 3.8) is 0 Å². The molecule has 1 atom stereocenters. The molecule has 2 N–H and O–H groups in total. The summed E-state index contributed by atoms with van der Waals surface area (Å²) in [6.07, 6.45) is -1.56. The SMILES string of the molecule is Cc1cc(C(F)(F)F)ccc1-c1ccc2c(cnn2C(CC(C)C)c2ccc(CNCCC(=O)O)cc2)c1C. The summed E-state index contributed by atoms with van der Waals surface area (Å²) in [5.74, 6) is -0.403. The average Bonchev–Trinajstić information content (AvgIpc) is 3.30. The van der Waals surface area contributed by atoms with Gasteiger partial charge in [-0.05, 0) is 77.8 Å². The van der Waals surface area contributed by atoms with Gasteiger partial charge in [-0.25, -0.2) is 0 Å².